The lowest BCUT2D eigenvalue weighted by atomic mass is 10.1. The molecule has 84 valence electrons. The van der Waals surface area contributed by atoms with Crippen LogP contribution in [0.3, 0.4) is 0 Å². The fraction of sp³-hybridized carbons (Fsp3) is 0.286. The zero-order valence-corrected chi connectivity index (χ0v) is 9.72. The Kier molecular flexibility index (Phi) is 3.11. The molecule has 2 aromatic rings. The molecule has 0 aliphatic rings. The van der Waals surface area contributed by atoms with Crippen LogP contribution in [0.15, 0.2) is 42.7 Å². The average molecular weight is 215 g/mol. The van der Waals surface area contributed by atoms with Crippen LogP contribution in [-0.2, 0) is 6.54 Å². The predicted molar refractivity (Wildman–Crippen MR) is 65.3 cm³/mol. The summed E-state index contributed by atoms with van der Waals surface area (Å²) in [6.45, 7) is 4.73. The van der Waals surface area contributed by atoms with E-state index in [9.17, 15) is 5.11 Å². The molecule has 16 heavy (non-hydrogen) atoms. The van der Waals surface area contributed by atoms with Crippen LogP contribution in [0, 0.1) is 6.92 Å². The summed E-state index contributed by atoms with van der Waals surface area (Å²) in [5.41, 5.74) is 3.52. The summed E-state index contributed by atoms with van der Waals surface area (Å²) in [4.78, 5) is 0. The van der Waals surface area contributed by atoms with Gasteiger partial charge in [0.2, 0.25) is 0 Å². The van der Waals surface area contributed by atoms with Crippen LogP contribution in [0.5, 0.6) is 0 Å². The number of aryl methyl sites for hydroxylation is 1. The van der Waals surface area contributed by atoms with Gasteiger partial charge in [0, 0.05) is 18.9 Å². The van der Waals surface area contributed by atoms with Gasteiger partial charge in [0.15, 0.2) is 0 Å². The highest BCUT2D eigenvalue weighted by molar-refractivity contribution is 5.22. The van der Waals surface area contributed by atoms with Gasteiger partial charge in [-0.25, -0.2) is 0 Å². The molecule has 1 atom stereocenters. The third-order valence-electron chi connectivity index (χ3n) is 2.74. The summed E-state index contributed by atoms with van der Waals surface area (Å²) in [5.74, 6) is 0. The van der Waals surface area contributed by atoms with Crippen LogP contribution in [0.25, 0.3) is 0 Å². The first-order chi connectivity index (χ1) is 7.65. The molecule has 0 fully saturated rings. The largest absolute Gasteiger partial charge is 0.389 e. The first kappa shape index (κ1) is 11.0. The Morgan fingerprint density at radius 3 is 2.44 bits per heavy atom. The molecule has 0 aliphatic heterocycles. The van der Waals surface area contributed by atoms with Crippen LogP contribution < -0.4 is 0 Å². The van der Waals surface area contributed by atoms with E-state index >= 15 is 0 Å². The normalized spacial score (nSPS) is 12.7. The second kappa shape index (κ2) is 4.54. The Hall–Kier alpha value is -1.54. The molecule has 0 bridgehead atoms. The highest BCUT2D eigenvalue weighted by Gasteiger charge is 2.02. The summed E-state index contributed by atoms with van der Waals surface area (Å²) < 4.78 is 2.09. The van der Waals surface area contributed by atoms with Gasteiger partial charge in [-0.15, -0.1) is 0 Å². The third kappa shape index (κ3) is 2.52. The minimum absolute atomic E-state index is 0.390. The van der Waals surface area contributed by atoms with Gasteiger partial charge in [0.1, 0.15) is 0 Å². The molecule has 2 heteroatoms. The summed E-state index contributed by atoms with van der Waals surface area (Å²) in [6.07, 6.45) is 3.60. The van der Waals surface area contributed by atoms with Crippen molar-refractivity contribution >= 4 is 0 Å². The van der Waals surface area contributed by atoms with Crippen molar-refractivity contribution < 1.29 is 5.11 Å². The number of aliphatic hydroxyl groups excluding tert-OH is 1. The summed E-state index contributed by atoms with van der Waals surface area (Å²) in [7, 11) is 0. The molecule has 0 saturated carbocycles. The fourth-order valence-electron chi connectivity index (χ4n) is 1.71. The Labute approximate surface area is 96.2 Å². The van der Waals surface area contributed by atoms with Crippen molar-refractivity contribution in [1.29, 1.82) is 0 Å². The maximum atomic E-state index is 9.43. The fourth-order valence-corrected chi connectivity index (χ4v) is 1.71. The van der Waals surface area contributed by atoms with E-state index < -0.39 is 0 Å². The van der Waals surface area contributed by atoms with Crippen LogP contribution in [0.1, 0.15) is 29.7 Å². The molecule has 0 spiro atoms. The molecule has 1 N–H and O–H groups in total. The molecule has 0 saturated heterocycles. The van der Waals surface area contributed by atoms with Gasteiger partial charge in [-0.2, -0.15) is 0 Å². The summed E-state index contributed by atoms with van der Waals surface area (Å²) in [5, 5.41) is 9.43. The monoisotopic (exact) mass is 215 g/mol. The van der Waals surface area contributed by atoms with E-state index in [1.54, 1.807) is 6.92 Å². The van der Waals surface area contributed by atoms with Gasteiger partial charge in [0.05, 0.1) is 6.10 Å². The van der Waals surface area contributed by atoms with Crippen molar-refractivity contribution in [3.05, 3.63) is 59.4 Å². The highest BCUT2D eigenvalue weighted by atomic mass is 16.3. The van der Waals surface area contributed by atoms with Crippen molar-refractivity contribution in [3.63, 3.8) is 0 Å². The quantitative estimate of drug-likeness (QED) is 0.836. The van der Waals surface area contributed by atoms with Gasteiger partial charge in [-0.05, 0) is 31.0 Å². The molecular formula is C14H17NO. The third-order valence-corrected chi connectivity index (χ3v) is 2.74. The van der Waals surface area contributed by atoms with Crippen LogP contribution in [0.2, 0.25) is 0 Å². The number of hydrogen-bond acceptors (Lipinski definition) is 1. The van der Waals surface area contributed by atoms with Gasteiger partial charge in [-0.3, -0.25) is 0 Å². The van der Waals surface area contributed by atoms with Crippen molar-refractivity contribution in [2.45, 2.75) is 26.5 Å². The van der Waals surface area contributed by atoms with Crippen molar-refractivity contribution in [2.24, 2.45) is 0 Å². The molecule has 1 unspecified atom stereocenters. The van der Waals surface area contributed by atoms with E-state index in [1.807, 2.05) is 18.5 Å². The van der Waals surface area contributed by atoms with Gasteiger partial charge >= 0.3 is 0 Å². The van der Waals surface area contributed by atoms with Crippen LogP contribution >= 0.6 is 0 Å². The van der Waals surface area contributed by atoms with Crippen LogP contribution in [0.4, 0.5) is 0 Å². The topological polar surface area (TPSA) is 25.2 Å². The van der Waals surface area contributed by atoms with E-state index in [1.165, 1.54) is 11.1 Å². The van der Waals surface area contributed by atoms with Crippen molar-refractivity contribution in [3.8, 4) is 0 Å². The minimum atomic E-state index is -0.390. The molecule has 0 radical (unpaired) electrons. The predicted octanol–water partition coefficient (Wildman–Crippen LogP) is 2.90. The van der Waals surface area contributed by atoms with Crippen LogP contribution in [-0.4, -0.2) is 9.67 Å². The average Bonchev–Trinajstić information content (AvgIpc) is 2.70. The standard InChI is InChI=1S/C14H17NO/c1-11-3-5-13(6-4-11)9-15-8-7-14(10-15)12(2)16/h3-8,10,12,16H,9H2,1-2H3. The molecule has 1 heterocycles. The molecule has 1 aromatic carbocycles. The Balaban J connectivity index is 2.11. The zero-order chi connectivity index (χ0) is 11.5. The molecule has 2 rings (SSSR count). The molecule has 0 aliphatic carbocycles. The number of hydrogen-bond donors (Lipinski definition) is 1. The van der Waals surface area contributed by atoms with E-state index in [0.29, 0.717) is 0 Å². The second-order valence-corrected chi connectivity index (χ2v) is 4.28. The number of nitrogens with zero attached hydrogens (tertiary/aromatic N) is 1. The van der Waals surface area contributed by atoms with E-state index in [2.05, 4.69) is 35.8 Å². The Bertz CT molecular complexity index is 454. The number of benzene rings is 1. The van der Waals surface area contributed by atoms with Crippen molar-refractivity contribution in [2.75, 3.05) is 0 Å². The maximum absolute atomic E-state index is 9.43. The summed E-state index contributed by atoms with van der Waals surface area (Å²) >= 11 is 0. The molecule has 2 nitrogen and oxygen atoms in total. The van der Waals surface area contributed by atoms with E-state index in [-0.39, 0.29) is 6.10 Å². The summed E-state index contributed by atoms with van der Waals surface area (Å²) in [6, 6.07) is 10.5. The minimum Gasteiger partial charge on any atom is -0.389 e. The first-order valence-electron chi connectivity index (χ1n) is 5.54. The highest BCUT2D eigenvalue weighted by Crippen LogP contribution is 2.13. The van der Waals surface area contributed by atoms with E-state index in [0.717, 1.165) is 12.1 Å². The SMILES string of the molecule is Cc1ccc(Cn2ccc(C(C)O)c2)cc1. The van der Waals surface area contributed by atoms with Gasteiger partial charge < -0.3 is 9.67 Å². The lowest BCUT2D eigenvalue weighted by Crippen LogP contribution is -1.96. The Morgan fingerprint density at radius 1 is 1.19 bits per heavy atom. The van der Waals surface area contributed by atoms with Crippen molar-refractivity contribution in [1.82, 2.24) is 4.57 Å². The lowest BCUT2D eigenvalue weighted by Gasteiger charge is -2.04. The lowest BCUT2D eigenvalue weighted by molar-refractivity contribution is 0.199. The van der Waals surface area contributed by atoms with Gasteiger partial charge in [0.25, 0.3) is 0 Å². The smallest absolute Gasteiger partial charge is 0.0776 e. The molecule has 0 amide bonds. The molecule has 1 aromatic heterocycles. The molecular weight excluding hydrogens is 198 g/mol. The number of rotatable bonds is 3. The maximum Gasteiger partial charge on any atom is 0.0776 e. The number of aromatic nitrogens is 1. The second-order valence-electron chi connectivity index (χ2n) is 4.28. The first-order valence-corrected chi connectivity index (χ1v) is 5.54. The zero-order valence-electron chi connectivity index (χ0n) is 9.72. The van der Waals surface area contributed by atoms with E-state index in [4.69, 9.17) is 0 Å². The van der Waals surface area contributed by atoms with Gasteiger partial charge in [-0.1, -0.05) is 29.8 Å². The Morgan fingerprint density at radius 2 is 1.88 bits per heavy atom. The number of aliphatic hydroxyl groups is 1.